The molecule has 1 aromatic carbocycles. The largest absolute Gasteiger partial charge is 0.391 e. The molecule has 0 aliphatic carbocycles. The molecule has 0 atom stereocenters. The van der Waals surface area contributed by atoms with Crippen molar-refractivity contribution in [3.05, 3.63) is 45.7 Å². The maximum absolute atomic E-state index is 12.8. The van der Waals surface area contributed by atoms with Crippen LogP contribution < -0.4 is 0 Å². The van der Waals surface area contributed by atoms with Crippen molar-refractivity contribution in [3.8, 4) is 5.69 Å². The molecule has 0 amide bonds. The topological polar surface area (TPSA) is 38.0 Å². The molecule has 0 fully saturated rings. The lowest BCUT2D eigenvalue weighted by Gasteiger charge is -2.08. The first kappa shape index (κ1) is 14.0. The number of benzene rings is 1. The van der Waals surface area contributed by atoms with E-state index in [1.54, 1.807) is 6.07 Å². The van der Waals surface area contributed by atoms with E-state index in [4.69, 9.17) is 16.7 Å². The quantitative estimate of drug-likeness (QED) is 0.937. The van der Waals surface area contributed by atoms with Gasteiger partial charge in [-0.15, -0.1) is 0 Å². The van der Waals surface area contributed by atoms with Gasteiger partial charge in [-0.1, -0.05) is 29.3 Å². The smallest absolute Gasteiger partial charge is 0.282 e. The van der Waals surface area contributed by atoms with Crippen LogP contribution in [0.3, 0.4) is 0 Å². The molecular formula is C13H13ClF2N2O. The number of aliphatic hydroxyl groups is 1. The van der Waals surface area contributed by atoms with E-state index in [-0.39, 0.29) is 10.7 Å². The number of hydrogen-bond donors (Lipinski definition) is 1. The van der Waals surface area contributed by atoms with Crippen molar-refractivity contribution in [2.45, 2.75) is 26.9 Å². The van der Waals surface area contributed by atoms with Crippen molar-refractivity contribution in [2.24, 2.45) is 0 Å². The third-order valence-electron chi connectivity index (χ3n) is 2.90. The molecule has 2 aromatic rings. The molecule has 1 heterocycles. The Balaban J connectivity index is 2.63. The van der Waals surface area contributed by atoms with Gasteiger partial charge >= 0.3 is 0 Å². The fourth-order valence-electron chi connectivity index (χ4n) is 1.97. The summed E-state index contributed by atoms with van der Waals surface area (Å²) in [6, 6.07) is 5.52. The number of alkyl halides is 2. The molecule has 6 heteroatoms. The molecule has 0 saturated heterocycles. The minimum Gasteiger partial charge on any atom is -0.391 e. The predicted octanol–water partition coefficient (Wildman–Crippen LogP) is 3.57. The highest BCUT2D eigenvalue weighted by atomic mass is 35.5. The van der Waals surface area contributed by atoms with Crippen LogP contribution in [0.25, 0.3) is 5.69 Å². The van der Waals surface area contributed by atoms with Crippen molar-refractivity contribution >= 4 is 11.6 Å². The zero-order valence-electron chi connectivity index (χ0n) is 10.5. The second kappa shape index (κ2) is 5.27. The van der Waals surface area contributed by atoms with E-state index in [1.807, 2.05) is 26.0 Å². The second-order valence-electron chi connectivity index (χ2n) is 4.32. The Hall–Kier alpha value is -1.46. The summed E-state index contributed by atoms with van der Waals surface area (Å²) in [6.45, 7) is 3.22. The van der Waals surface area contributed by atoms with Crippen LogP contribution in [0.1, 0.15) is 28.8 Å². The zero-order valence-corrected chi connectivity index (χ0v) is 11.2. The third kappa shape index (κ3) is 2.48. The number of nitrogens with zero attached hydrogens (tertiary/aromatic N) is 2. The Morgan fingerprint density at radius 1 is 1.37 bits per heavy atom. The van der Waals surface area contributed by atoms with Crippen molar-refractivity contribution in [1.82, 2.24) is 9.78 Å². The summed E-state index contributed by atoms with van der Waals surface area (Å²) in [5.74, 6) is 0. The maximum Gasteiger partial charge on any atom is 0.282 e. The number of hydrogen-bond acceptors (Lipinski definition) is 2. The number of aryl methyl sites for hydroxylation is 2. The summed E-state index contributed by atoms with van der Waals surface area (Å²) in [6.07, 6.45) is -2.77. The predicted molar refractivity (Wildman–Crippen MR) is 68.9 cm³/mol. The SMILES string of the molecule is Cc1ccc(-n2nc(C(F)F)c(CO)c2Cl)c(C)c1. The average molecular weight is 287 g/mol. The summed E-state index contributed by atoms with van der Waals surface area (Å²) in [4.78, 5) is 0. The van der Waals surface area contributed by atoms with Crippen LogP contribution >= 0.6 is 11.6 Å². The molecule has 0 spiro atoms. The van der Waals surface area contributed by atoms with Gasteiger partial charge in [-0.2, -0.15) is 5.10 Å². The van der Waals surface area contributed by atoms with E-state index in [9.17, 15) is 8.78 Å². The number of aromatic nitrogens is 2. The minimum atomic E-state index is -2.77. The van der Waals surface area contributed by atoms with Crippen LogP contribution in [0.5, 0.6) is 0 Å². The first-order valence-electron chi connectivity index (χ1n) is 5.69. The van der Waals surface area contributed by atoms with E-state index >= 15 is 0 Å². The van der Waals surface area contributed by atoms with Gasteiger partial charge in [-0.25, -0.2) is 13.5 Å². The molecule has 0 saturated carbocycles. The van der Waals surface area contributed by atoms with E-state index in [1.165, 1.54) is 4.68 Å². The van der Waals surface area contributed by atoms with Gasteiger partial charge in [0.2, 0.25) is 0 Å². The average Bonchev–Trinajstić information content (AvgIpc) is 2.66. The molecule has 102 valence electrons. The van der Waals surface area contributed by atoms with Crippen LogP contribution in [-0.2, 0) is 6.61 Å². The number of rotatable bonds is 3. The molecule has 2 rings (SSSR count). The Morgan fingerprint density at radius 2 is 2.05 bits per heavy atom. The van der Waals surface area contributed by atoms with Crippen molar-refractivity contribution < 1.29 is 13.9 Å². The van der Waals surface area contributed by atoms with Gasteiger partial charge in [0.25, 0.3) is 6.43 Å². The summed E-state index contributed by atoms with van der Waals surface area (Å²) >= 11 is 6.03. The second-order valence-corrected chi connectivity index (χ2v) is 4.67. The minimum absolute atomic E-state index is 0.0183. The van der Waals surface area contributed by atoms with Gasteiger partial charge in [0, 0.05) is 5.56 Å². The molecule has 0 unspecified atom stereocenters. The van der Waals surface area contributed by atoms with Gasteiger partial charge in [0.1, 0.15) is 10.8 Å². The van der Waals surface area contributed by atoms with E-state index in [0.29, 0.717) is 5.69 Å². The Morgan fingerprint density at radius 3 is 2.53 bits per heavy atom. The fraction of sp³-hybridized carbons (Fsp3) is 0.308. The number of aliphatic hydroxyl groups excluding tert-OH is 1. The van der Waals surface area contributed by atoms with Gasteiger partial charge in [-0.05, 0) is 25.5 Å². The standard InChI is InChI=1S/C13H13ClF2N2O/c1-7-3-4-10(8(2)5-7)18-12(14)9(6-19)11(17-18)13(15)16/h3-5,13,19H,6H2,1-2H3. The van der Waals surface area contributed by atoms with Gasteiger partial charge in [-0.3, -0.25) is 0 Å². The first-order chi connectivity index (χ1) is 8.95. The van der Waals surface area contributed by atoms with Crippen molar-refractivity contribution in [1.29, 1.82) is 0 Å². The summed E-state index contributed by atoms with van der Waals surface area (Å²) in [7, 11) is 0. The molecule has 19 heavy (non-hydrogen) atoms. The summed E-state index contributed by atoms with van der Waals surface area (Å²) < 4.78 is 26.9. The van der Waals surface area contributed by atoms with Crippen molar-refractivity contribution in [3.63, 3.8) is 0 Å². The fourth-order valence-corrected chi connectivity index (χ4v) is 2.26. The molecule has 1 N–H and O–H groups in total. The summed E-state index contributed by atoms with van der Waals surface area (Å²) in [5.41, 5.74) is 2.04. The van der Waals surface area contributed by atoms with Gasteiger partial charge in [0.05, 0.1) is 12.3 Å². The highest BCUT2D eigenvalue weighted by Crippen LogP contribution is 2.30. The normalized spacial score (nSPS) is 11.3. The highest BCUT2D eigenvalue weighted by Gasteiger charge is 2.23. The Labute approximate surface area is 114 Å². The van der Waals surface area contributed by atoms with Crippen molar-refractivity contribution in [2.75, 3.05) is 0 Å². The third-order valence-corrected chi connectivity index (χ3v) is 3.29. The van der Waals surface area contributed by atoms with Crippen LogP contribution in [0.2, 0.25) is 5.15 Å². The van der Waals surface area contributed by atoms with Crippen LogP contribution in [0, 0.1) is 13.8 Å². The lowest BCUT2D eigenvalue weighted by molar-refractivity contribution is 0.141. The van der Waals surface area contributed by atoms with Gasteiger partial charge in [0.15, 0.2) is 0 Å². The molecular weight excluding hydrogens is 274 g/mol. The Kier molecular flexibility index (Phi) is 3.87. The molecule has 3 nitrogen and oxygen atoms in total. The van der Waals surface area contributed by atoms with Gasteiger partial charge < -0.3 is 5.11 Å². The lowest BCUT2D eigenvalue weighted by Crippen LogP contribution is -2.00. The molecule has 0 aliphatic rings. The lowest BCUT2D eigenvalue weighted by atomic mass is 10.1. The monoisotopic (exact) mass is 286 g/mol. The van der Waals surface area contributed by atoms with E-state index < -0.39 is 18.7 Å². The summed E-state index contributed by atoms with van der Waals surface area (Å²) in [5, 5.41) is 13.0. The van der Waals surface area contributed by atoms with Crippen LogP contribution in [0.15, 0.2) is 18.2 Å². The molecule has 0 aliphatic heterocycles. The van der Waals surface area contributed by atoms with E-state index in [2.05, 4.69) is 5.10 Å². The van der Waals surface area contributed by atoms with Crippen LogP contribution in [0.4, 0.5) is 8.78 Å². The van der Waals surface area contributed by atoms with Crippen LogP contribution in [-0.4, -0.2) is 14.9 Å². The molecule has 0 bridgehead atoms. The number of halogens is 3. The maximum atomic E-state index is 12.8. The highest BCUT2D eigenvalue weighted by molar-refractivity contribution is 6.30. The Bertz CT molecular complexity index is 611. The molecule has 0 radical (unpaired) electrons. The zero-order chi connectivity index (χ0) is 14.2. The first-order valence-corrected chi connectivity index (χ1v) is 6.07. The molecule has 1 aromatic heterocycles. The van der Waals surface area contributed by atoms with E-state index in [0.717, 1.165) is 11.1 Å².